The summed E-state index contributed by atoms with van der Waals surface area (Å²) < 4.78 is 0. The topological polar surface area (TPSA) is 26.0 Å². The second-order valence-electron chi connectivity index (χ2n) is 5.12. The van der Waals surface area contributed by atoms with Crippen molar-refractivity contribution in [2.45, 2.75) is 32.4 Å². The van der Waals surface area contributed by atoms with Gasteiger partial charge in [-0.3, -0.25) is 0 Å². The summed E-state index contributed by atoms with van der Waals surface area (Å²) in [6.07, 6.45) is 2.42. The first kappa shape index (κ1) is 14.9. The van der Waals surface area contributed by atoms with Crippen LogP contribution >= 0.6 is 23.4 Å². The standard InChI is InChI=1S/C14H22ClNS/c1-14(2,11-16)8-5-9-17-10-12-6-3-4-7-13(12)15/h3-4,6-7H,5,8-11,16H2,1-2H3. The normalized spacial score (nSPS) is 11.8. The van der Waals surface area contributed by atoms with Crippen LogP contribution in [0.1, 0.15) is 32.3 Å². The number of hydrogen-bond acceptors (Lipinski definition) is 2. The fourth-order valence-corrected chi connectivity index (χ4v) is 2.80. The van der Waals surface area contributed by atoms with Gasteiger partial charge in [-0.25, -0.2) is 0 Å². The van der Waals surface area contributed by atoms with Gasteiger partial charge >= 0.3 is 0 Å². The molecule has 2 N–H and O–H groups in total. The molecule has 0 spiro atoms. The molecule has 0 heterocycles. The summed E-state index contributed by atoms with van der Waals surface area (Å²) >= 11 is 8.05. The Labute approximate surface area is 114 Å². The first-order valence-electron chi connectivity index (χ1n) is 6.06. The third-order valence-corrected chi connectivity index (χ3v) is 4.37. The molecule has 1 aromatic rings. The summed E-state index contributed by atoms with van der Waals surface area (Å²) in [5.41, 5.74) is 7.22. The molecule has 0 aliphatic rings. The molecule has 0 radical (unpaired) electrons. The van der Waals surface area contributed by atoms with Gasteiger partial charge in [0.15, 0.2) is 0 Å². The zero-order chi connectivity index (χ0) is 12.7. The van der Waals surface area contributed by atoms with Crippen molar-refractivity contribution >= 4 is 23.4 Å². The average Bonchev–Trinajstić information content (AvgIpc) is 2.31. The van der Waals surface area contributed by atoms with Crippen molar-refractivity contribution in [2.75, 3.05) is 12.3 Å². The summed E-state index contributed by atoms with van der Waals surface area (Å²) in [6.45, 7) is 5.22. The molecular weight excluding hydrogens is 250 g/mol. The van der Waals surface area contributed by atoms with Gasteiger partial charge in [-0.1, -0.05) is 43.6 Å². The second-order valence-corrected chi connectivity index (χ2v) is 6.63. The van der Waals surface area contributed by atoms with E-state index in [0.29, 0.717) is 0 Å². The number of nitrogens with two attached hydrogens (primary N) is 1. The van der Waals surface area contributed by atoms with E-state index in [1.54, 1.807) is 0 Å². The van der Waals surface area contributed by atoms with E-state index < -0.39 is 0 Å². The van der Waals surface area contributed by atoms with Crippen LogP contribution in [-0.4, -0.2) is 12.3 Å². The van der Waals surface area contributed by atoms with Gasteiger partial charge in [-0.05, 0) is 42.2 Å². The molecule has 0 amide bonds. The van der Waals surface area contributed by atoms with Gasteiger partial charge in [-0.2, -0.15) is 11.8 Å². The number of benzene rings is 1. The molecule has 0 bridgehead atoms. The molecule has 96 valence electrons. The molecule has 1 nitrogen and oxygen atoms in total. The molecule has 0 saturated heterocycles. The minimum atomic E-state index is 0.283. The number of halogens is 1. The van der Waals surface area contributed by atoms with Crippen LogP contribution in [0.2, 0.25) is 5.02 Å². The molecule has 0 atom stereocenters. The Balaban J connectivity index is 2.19. The zero-order valence-electron chi connectivity index (χ0n) is 10.7. The van der Waals surface area contributed by atoms with Crippen molar-refractivity contribution in [1.29, 1.82) is 0 Å². The van der Waals surface area contributed by atoms with Crippen LogP contribution in [0.25, 0.3) is 0 Å². The van der Waals surface area contributed by atoms with E-state index >= 15 is 0 Å². The highest BCUT2D eigenvalue weighted by Gasteiger charge is 2.14. The van der Waals surface area contributed by atoms with Gasteiger partial charge in [0.2, 0.25) is 0 Å². The summed E-state index contributed by atoms with van der Waals surface area (Å²) in [5, 5.41) is 0.877. The first-order valence-corrected chi connectivity index (χ1v) is 7.60. The first-order chi connectivity index (χ1) is 8.05. The van der Waals surface area contributed by atoms with E-state index in [4.69, 9.17) is 17.3 Å². The molecule has 1 aromatic carbocycles. The maximum atomic E-state index is 6.10. The lowest BCUT2D eigenvalue weighted by Gasteiger charge is -2.21. The van der Waals surface area contributed by atoms with Crippen LogP contribution in [0.3, 0.4) is 0 Å². The molecular formula is C14H22ClNS. The fourth-order valence-electron chi connectivity index (χ4n) is 1.55. The van der Waals surface area contributed by atoms with E-state index in [1.165, 1.54) is 24.2 Å². The van der Waals surface area contributed by atoms with Gasteiger partial charge in [0.25, 0.3) is 0 Å². The maximum Gasteiger partial charge on any atom is 0.0446 e. The van der Waals surface area contributed by atoms with Gasteiger partial charge < -0.3 is 5.73 Å². The van der Waals surface area contributed by atoms with Crippen LogP contribution in [0, 0.1) is 5.41 Å². The third kappa shape index (κ3) is 5.80. The number of thioether (sulfide) groups is 1. The van der Waals surface area contributed by atoms with Crippen molar-refractivity contribution < 1.29 is 0 Å². The highest BCUT2D eigenvalue weighted by atomic mass is 35.5. The smallest absolute Gasteiger partial charge is 0.0446 e. The van der Waals surface area contributed by atoms with Crippen molar-refractivity contribution in [3.8, 4) is 0 Å². The van der Waals surface area contributed by atoms with Crippen LogP contribution in [-0.2, 0) is 5.75 Å². The predicted molar refractivity (Wildman–Crippen MR) is 79.7 cm³/mol. The Morgan fingerprint density at radius 1 is 1.29 bits per heavy atom. The largest absolute Gasteiger partial charge is 0.330 e. The molecule has 0 fully saturated rings. The molecule has 0 unspecified atom stereocenters. The summed E-state index contributed by atoms with van der Waals surface area (Å²) in [6, 6.07) is 8.06. The van der Waals surface area contributed by atoms with Crippen molar-refractivity contribution in [2.24, 2.45) is 11.1 Å². The minimum absolute atomic E-state index is 0.283. The number of hydrogen-bond donors (Lipinski definition) is 1. The molecule has 0 aliphatic heterocycles. The summed E-state index contributed by atoms with van der Waals surface area (Å²) in [5.74, 6) is 2.18. The van der Waals surface area contributed by atoms with E-state index in [-0.39, 0.29) is 5.41 Å². The van der Waals surface area contributed by atoms with E-state index in [9.17, 15) is 0 Å². The SMILES string of the molecule is CC(C)(CN)CCCSCc1ccccc1Cl. The average molecular weight is 272 g/mol. The Kier molecular flexibility index (Phi) is 6.39. The van der Waals surface area contributed by atoms with E-state index in [0.717, 1.165) is 17.3 Å². The van der Waals surface area contributed by atoms with Gasteiger partial charge in [0, 0.05) is 10.8 Å². The van der Waals surface area contributed by atoms with Crippen LogP contribution in [0.4, 0.5) is 0 Å². The van der Waals surface area contributed by atoms with Gasteiger partial charge in [0.1, 0.15) is 0 Å². The van der Waals surface area contributed by atoms with Crippen LogP contribution in [0.5, 0.6) is 0 Å². The summed E-state index contributed by atoms with van der Waals surface area (Å²) in [4.78, 5) is 0. The zero-order valence-corrected chi connectivity index (χ0v) is 12.3. The van der Waals surface area contributed by atoms with Crippen molar-refractivity contribution in [3.05, 3.63) is 34.9 Å². The quantitative estimate of drug-likeness (QED) is 0.747. The number of rotatable bonds is 7. The monoisotopic (exact) mass is 271 g/mol. The van der Waals surface area contributed by atoms with Crippen molar-refractivity contribution in [3.63, 3.8) is 0 Å². The fraction of sp³-hybridized carbons (Fsp3) is 0.571. The maximum absolute atomic E-state index is 6.10. The lowest BCUT2D eigenvalue weighted by Crippen LogP contribution is -2.23. The van der Waals surface area contributed by atoms with E-state index in [1.807, 2.05) is 30.0 Å². The third-order valence-electron chi connectivity index (χ3n) is 2.91. The molecule has 1 rings (SSSR count). The van der Waals surface area contributed by atoms with E-state index in [2.05, 4.69) is 19.9 Å². The molecule has 0 aromatic heterocycles. The highest BCUT2D eigenvalue weighted by molar-refractivity contribution is 7.98. The molecule has 0 aliphatic carbocycles. The Morgan fingerprint density at radius 3 is 2.65 bits per heavy atom. The Hall–Kier alpha value is -0.180. The molecule has 0 saturated carbocycles. The van der Waals surface area contributed by atoms with Crippen LogP contribution < -0.4 is 5.73 Å². The lowest BCUT2D eigenvalue weighted by molar-refractivity contribution is 0.345. The summed E-state index contributed by atoms with van der Waals surface area (Å²) in [7, 11) is 0. The lowest BCUT2D eigenvalue weighted by atomic mass is 9.88. The highest BCUT2D eigenvalue weighted by Crippen LogP contribution is 2.24. The van der Waals surface area contributed by atoms with Crippen molar-refractivity contribution in [1.82, 2.24) is 0 Å². The minimum Gasteiger partial charge on any atom is -0.330 e. The predicted octanol–water partition coefficient (Wildman–Crippen LogP) is 4.34. The molecule has 3 heteroatoms. The molecule has 17 heavy (non-hydrogen) atoms. The Bertz CT molecular complexity index is 339. The second kappa shape index (κ2) is 7.30. The van der Waals surface area contributed by atoms with Crippen LogP contribution in [0.15, 0.2) is 24.3 Å². The Morgan fingerprint density at radius 2 is 2.00 bits per heavy atom. The van der Waals surface area contributed by atoms with Gasteiger partial charge in [0.05, 0.1) is 0 Å². The van der Waals surface area contributed by atoms with Gasteiger partial charge in [-0.15, -0.1) is 0 Å².